The molecule has 1 N–H and O–H groups in total. The molecule has 0 atom stereocenters. The monoisotopic (exact) mass is 356 g/mol. The number of amides is 2. The first kappa shape index (κ1) is 17.6. The molecule has 0 unspecified atom stereocenters. The van der Waals surface area contributed by atoms with E-state index in [1.54, 1.807) is 49.5 Å². The highest BCUT2D eigenvalue weighted by atomic mass is 16.5. The summed E-state index contributed by atoms with van der Waals surface area (Å²) in [7, 11) is 1.67. The van der Waals surface area contributed by atoms with Crippen molar-refractivity contribution in [3.8, 4) is 17.2 Å². The van der Waals surface area contributed by atoms with Gasteiger partial charge in [-0.05, 0) is 49.4 Å². The SMILES string of the molecule is CCOc1ccc(OCC(=O)Nc2ccc3c(c2)N(C)C(=O)CO3)cc1. The molecule has 7 nitrogen and oxygen atoms in total. The molecule has 0 radical (unpaired) electrons. The minimum atomic E-state index is -0.301. The van der Waals surface area contributed by atoms with Crippen LogP contribution in [0.25, 0.3) is 0 Å². The van der Waals surface area contributed by atoms with Crippen LogP contribution in [0.15, 0.2) is 42.5 Å². The van der Waals surface area contributed by atoms with Crippen LogP contribution in [0, 0.1) is 0 Å². The number of carbonyl (C=O) groups excluding carboxylic acids is 2. The van der Waals surface area contributed by atoms with E-state index in [4.69, 9.17) is 14.2 Å². The summed E-state index contributed by atoms with van der Waals surface area (Å²) >= 11 is 0. The van der Waals surface area contributed by atoms with Gasteiger partial charge in [-0.2, -0.15) is 0 Å². The second-order valence-electron chi connectivity index (χ2n) is 5.67. The standard InChI is InChI=1S/C19H20N2O5/c1-3-24-14-5-7-15(8-6-14)25-11-18(22)20-13-4-9-17-16(10-13)21(2)19(23)12-26-17/h4-10H,3,11-12H2,1-2H3,(H,20,22). The van der Waals surface area contributed by atoms with Gasteiger partial charge in [0.05, 0.1) is 12.3 Å². The maximum atomic E-state index is 12.1. The van der Waals surface area contributed by atoms with Crippen molar-refractivity contribution in [1.82, 2.24) is 0 Å². The zero-order valence-electron chi connectivity index (χ0n) is 14.7. The molecule has 0 saturated carbocycles. The number of likely N-dealkylation sites (N-methyl/N-ethyl adjacent to an activating group) is 1. The number of benzene rings is 2. The Labute approximate surface area is 151 Å². The topological polar surface area (TPSA) is 77.1 Å². The third kappa shape index (κ3) is 4.05. The minimum Gasteiger partial charge on any atom is -0.494 e. The number of fused-ring (bicyclic) bond motifs is 1. The lowest BCUT2D eigenvalue weighted by Crippen LogP contribution is -2.35. The van der Waals surface area contributed by atoms with E-state index in [1.807, 2.05) is 6.92 Å². The molecular weight excluding hydrogens is 336 g/mol. The molecule has 1 aliphatic heterocycles. The minimum absolute atomic E-state index is 0.0190. The van der Waals surface area contributed by atoms with Gasteiger partial charge >= 0.3 is 0 Å². The highest BCUT2D eigenvalue weighted by molar-refractivity contribution is 5.99. The van der Waals surface area contributed by atoms with E-state index in [0.717, 1.165) is 5.75 Å². The van der Waals surface area contributed by atoms with E-state index in [0.29, 0.717) is 29.5 Å². The van der Waals surface area contributed by atoms with Crippen LogP contribution < -0.4 is 24.4 Å². The molecule has 0 saturated heterocycles. The summed E-state index contributed by atoms with van der Waals surface area (Å²) in [6, 6.07) is 12.2. The number of hydrogen-bond donors (Lipinski definition) is 1. The van der Waals surface area contributed by atoms with E-state index in [9.17, 15) is 9.59 Å². The largest absolute Gasteiger partial charge is 0.494 e. The molecule has 136 valence electrons. The molecule has 0 aliphatic carbocycles. The summed E-state index contributed by atoms with van der Waals surface area (Å²) in [5.41, 5.74) is 1.18. The highest BCUT2D eigenvalue weighted by Crippen LogP contribution is 2.33. The maximum absolute atomic E-state index is 12.1. The van der Waals surface area contributed by atoms with E-state index in [1.165, 1.54) is 4.90 Å². The third-order valence-corrected chi connectivity index (χ3v) is 3.83. The van der Waals surface area contributed by atoms with Gasteiger partial charge in [0.15, 0.2) is 13.2 Å². The van der Waals surface area contributed by atoms with Crippen LogP contribution in [0.3, 0.4) is 0 Å². The Kier molecular flexibility index (Phi) is 5.26. The summed E-state index contributed by atoms with van der Waals surface area (Å²) in [5.74, 6) is 1.49. The first-order valence-electron chi connectivity index (χ1n) is 8.25. The molecule has 0 fully saturated rings. The molecule has 1 heterocycles. The fraction of sp³-hybridized carbons (Fsp3) is 0.263. The number of ether oxygens (including phenoxy) is 3. The summed E-state index contributed by atoms with van der Waals surface area (Å²) in [4.78, 5) is 25.3. The van der Waals surface area contributed by atoms with Crippen LogP contribution in [-0.2, 0) is 9.59 Å². The Balaban J connectivity index is 1.57. The maximum Gasteiger partial charge on any atom is 0.264 e. The van der Waals surface area contributed by atoms with Crippen molar-refractivity contribution in [3.05, 3.63) is 42.5 Å². The second-order valence-corrected chi connectivity index (χ2v) is 5.67. The summed E-state index contributed by atoms with van der Waals surface area (Å²) in [5, 5.41) is 2.75. The normalized spacial score (nSPS) is 12.8. The van der Waals surface area contributed by atoms with Gasteiger partial charge in [0.2, 0.25) is 0 Å². The molecule has 2 aromatic carbocycles. The van der Waals surface area contributed by atoms with Crippen LogP contribution in [0.4, 0.5) is 11.4 Å². The van der Waals surface area contributed by atoms with Gasteiger partial charge in [0.25, 0.3) is 11.8 Å². The van der Waals surface area contributed by atoms with Crippen LogP contribution in [0.1, 0.15) is 6.92 Å². The van der Waals surface area contributed by atoms with Crippen LogP contribution in [-0.4, -0.2) is 38.7 Å². The number of carbonyl (C=O) groups is 2. The fourth-order valence-corrected chi connectivity index (χ4v) is 2.49. The van der Waals surface area contributed by atoms with Crippen molar-refractivity contribution in [2.45, 2.75) is 6.92 Å². The van der Waals surface area contributed by atoms with Crippen LogP contribution >= 0.6 is 0 Å². The van der Waals surface area contributed by atoms with Crippen molar-refractivity contribution in [3.63, 3.8) is 0 Å². The fourth-order valence-electron chi connectivity index (χ4n) is 2.49. The Morgan fingerprint density at radius 2 is 1.85 bits per heavy atom. The number of nitrogens with zero attached hydrogens (tertiary/aromatic N) is 1. The number of nitrogens with one attached hydrogen (secondary N) is 1. The first-order chi connectivity index (χ1) is 12.6. The lowest BCUT2D eigenvalue weighted by Gasteiger charge is -2.26. The first-order valence-corrected chi connectivity index (χ1v) is 8.25. The van der Waals surface area contributed by atoms with Gasteiger partial charge in [-0.1, -0.05) is 0 Å². The molecule has 2 amide bonds. The predicted octanol–water partition coefficient (Wildman–Crippen LogP) is 2.46. The Bertz CT molecular complexity index is 804. The van der Waals surface area contributed by atoms with Gasteiger partial charge < -0.3 is 24.4 Å². The summed E-state index contributed by atoms with van der Waals surface area (Å²) < 4.78 is 16.2. The molecule has 0 aromatic heterocycles. The van der Waals surface area contributed by atoms with Crippen molar-refractivity contribution >= 4 is 23.2 Å². The predicted molar refractivity (Wildman–Crippen MR) is 97.1 cm³/mol. The summed E-state index contributed by atoms with van der Waals surface area (Å²) in [6.45, 7) is 2.39. The smallest absolute Gasteiger partial charge is 0.264 e. The quantitative estimate of drug-likeness (QED) is 0.860. The Morgan fingerprint density at radius 3 is 2.54 bits per heavy atom. The van der Waals surface area contributed by atoms with Gasteiger partial charge in [0, 0.05) is 12.7 Å². The van der Waals surface area contributed by atoms with Crippen molar-refractivity contribution < 1.29 is 23.8 Å². The van der Waals surface area contributed by atoms with Gasteiger partial charge in [-0.25, -0.2) is 0 Å². The lowest BCUT2D eigenvalue weighted by molar-refractivity contribution is -0.121. The highest BCUT2D eigenvalue weighted by Gasteiger charge is 2.22. The van der Waals surface area contributed by atoms with Gasteiger partial charge in [0.1, 0.15) is 17.2 Å². The average Bonchev–Trinajstić information content (AvgIpc) is 2.65. The Morgan fingerprint density at radius 1 is 1.15 bits per heavy atom. The molecule has 26 heavy (non-hydrogen) atoms. The van der Waals surface area contributed by atoms with Gasteiger partial charge in [-0.15, -0.1) is 0 Å². The van der Waals surface area contributed by atoms with Crippen molar-refractivity contribution in [1.29, 1.82) is 0 Å². The molecule has 0 spiro atoms. The molecular formula is C19H20N2O5. The number of anilines is 2. The van der Waals surface area contributed by atoms with Crippen LogP contribution in [0.2, 0.25) is 0 Å². The third-order valence-electron chi connectivity index (χ3n) is 3.83. The number of rotatable bonds is 6. The van der Waals surface area contributed by atoms with E-state index < -0.39 is 0 Å². The van der Waals surface area contributed by atoms with E-state index in [2.05, 4.69) is 5.32 Å². The molecule has 1 aliphatic rings. The Hall–Kier alpha value is -3.22. The van der Waals surface area contributed by atoms with E-state index in [-0.39, 0.29) is 25.0 Å². The zero-order valence-corrected chi connectivity index (χ0v) is 14.7. The van der Waals surface area contributed by atoms with Gasteiger partial charge in [-0.3, -0.25) is 9.59 Å². The molecule has 3 rings (SSSR count). The second kappa shape index (κ2) is 7.77. The molecule has 2 aromatic rings. The molecule has 0 bridgehead atoms. The number of hydrogen-bond acceptors (Lipinski definition) is 5. The summed E-state index contributed by atoms with van der Waals surface area (Å²) in [6.07, 6.45) is 0. The zero-order chi connectivity index (χ0) is 18.5. The van der Waals surface area contributed by atoms with Crippen LogP contribution in [0.5, 0.6) is 17.2 Å². The van der Waals surface area contributed by atoms with E-state index >= 15 is 0 Å². The average molecular weight is 356 g/mol. The van der Waals surface area contributed by atoms with Crippen molar-refractivity contribution in [2.75, 3.05) is 37.1 Å². The molecule has 7 heteroatoms. The van der Waals surface area contributed by atoms with Crippen molar-refractivity contribution in [2.24, 2.45) is 0 Å². The lowest BCUT2D eigenvalue weighted by atomic mass is 10.2.